The van der Waals surface area contributed by atoms with Crippen LogP contribution in [-0.2, 0) is 16.0 Å². The molecule has 3 rings (SSSR count). The summed E-state index contributed by atoms with van der Waals surface area (Å²) in [5, 5.41) is 3.49. The SMILES string of the molecule is Cc1ccc(NC(=O)C2CC(=O)N(CCCc3ccccc3)C2)cc1Cl. The molecule has 2 aromatic rings. The number of hydrogen-bond acceptors (Lipinski definition) is 2. The summed E-state index contributed by atoms with van der Waals surface area (Å²) in [6, 6.07) is 15.7. The van der Waals surface area contributed by atoms with Gasteiger partial charge in [0.1, 0.15) is 0 Å². The summed E-state index contributed by atoms with van der Waals surface area (Å²) in [7, 11) is 0. The third-order valence-corrected chi connectivity index (χ3v) is 5.17. The lowest BCUT2D eigenvalue weighted by molar-refractivity contribution is -0.128. The van der Waals surface area contributed by atoms with Crippen LogP contribution in [0.5, 0.6) is 0 Å². The Morgan fingerprint density at radius 2 is 2.00 bits per heavy atom. The zero-order valence-corrected chi connectivity index (χ0v) is 15.6. The Kier molecular flexibility index (Phi) is 5.94. The lowest BCUT2D eigenvalue weighted by Crippen LogP contribution is -2.29. The van der Waals surface area contributed by atoms with E-state index in [2.05, 4.69) is 17.4 Å². The highest BCUT2D eigenvalue weighted by Crippen LogP contribution is 2.23. The van der Waals surface area contributed by atoms with Gasteiger partial charge in [0.15, 0.2) is 0 Å². The topological polar surface area (TPSA) is 49.4 Å². The number of nitrogens with zero attached hydrogens (tertiary/aromatic N) is 1. The summed E-state index contributed by atoms with van der Waals surface area (Å²) in [6.07, 6.45) is 2.11. The van der Waals surface area contributed by atoms with Crippen molar-refractivity contribution in [1.82, 2.24) is 4.90 Å². The first-order chi connectivity index (χ1) is 12.5. The van der Waals surface area contributed by atoms with Crippen molar-refractivity contribution in [1.29, 1.82) is 0 Å². The number of halogens is 1. The Hall–Kier alpha value is -2.33. The number of likely N-dealkylation sites (tertiary alicyclic amines) is 1. The highest BCUT2D eigenvalue weighted by molar-refractivity contribution is 6.31. The molecule has 1 atom stereocenters. The molecule has 26 heavy (non-hydrogen) atoms. The van der Waals surface area contributed by atoms with Crippen molar-refractivity contribution < 1.29 is 9.59 Å². The summed E-state index contributed by atoms with van der Waals surface area (Å²) in [6.45, 7) is 3.09. The molecule has 1 N–H and O–H groups in total. The fourth-order valence-electron chi connectivity index (χ4n) is 3.20. The van der Waals surface area contributed by atoms with Crippen LogP contribution in [0.1, 0.15) is 24.0 Å². The minimum absolute atomic E-state index is 0.0557. The van der Waals surface area contributed by atoms with Gasteiger partial charge in [-0.05, 0) is 43.0 Å². The number of nitrogens with one attached hydrogen (secondary N) is 1. The lowest BCUT2D eigenvalue weighted by Gasteiger charge is -2.16. The average molecular weight is 371 g/mol. The number of carbonyl (C=O) groups excluding carboxylic acids is 2. The fraction of sp³-hybridized carbons (Fsp3) is 0.333. The average Bonchev–Trinajstić information content (AvgIpc) is 3.00. The number of carbonyl (C=O) groups is 2. The van der Waals surface area contributed by atoms with E-state index in [1.165, 1.54) is 5.56 Å². The Labute approximate surface area is 159 Å². The quantitative estimate of drug-likeness (QED) is 0.833. The Balaban J connectivity index is 1.50. The number of rotatable bonds is 6. The van der Waals surface area contributed by atoms with Gasteiger partial charge in [0, 0.05) is 30.2 Å². The van der Waals surface area contributed by atoms with Crippen molar-refractivity contribution in [3.8, 4) is 0 Å². The van der Waals surface area contributed by atoms with Crippen molar-refractivity contribution >= 4 is 29.1 Å². The molecule has 0 aliphatic carbocycles. The van der Waals surface area contributed by atoms with E-state index in [1.54, 1.807) is 11.0 Å². The molecule has 2 amide bonds. The van der Waals surface area contributed by atoms with E-state index in [4.69, 9.17) is 11.6 Å². The third-order valence-electron chi connectivity index (χ3n) is 4.76. The van der Waals surface area contributed by atoms with E-state index in [9.17, 15) is 9.59 Å². The van der Waals surface area contributed by atoms with Crippen molar-refractivity contribution in [3.05, 3.63) is 64.7 Å². The molecule has 0 radical (unpaired) electrons. The minimum Gasteiger partial charge on any atom is -0.342 e. The van der Waals surface area contributed by atoms with Gasteiger partial charge in [0.05, 0.1) is 5.92 Å². The maximum absolute atomic E-state index is 12.5. The number of aryl methyl sites for hydroxylation is 2. The normalized spacial score (nSPS) is 16.8. The molecule has 1 fully saturated rings. The molecule has 0 bridgehead atoms. The van der Waals surface area contributed by atoms with E-state index < -0.39 is 0 Å². The summed E-state index contributed by atoms with van der Waals surface area (Å²) in [5.41, 5.74) is 2.90. The molecule has 1 unspecified atom stereocenters. The van der Waals surface area contributed by atoms with Crippen LogP contribution in [0, 0.1) is 12.8 Å². The number of benzene rings is 2. The van der Waals surface area contributed by atoms with Crippen LogP contribution in [0.25, 0.3) is 0 Å². The molecule has 136 valence electrons. The highest BCUT2D eigenvalue weighted by atomic mass is 35.5. The molecule has 2 aromatic carbocycles. The molecule has 1 saturated heterocycles. The lowest BCUT2D eigenvalue weighted by atomic mass is 10.1. The number of hydrogen-bond donors (Lipinski definition) is 1. The first-order valence-corrected chi connectivity index (χ1v) is 9.29. The van der Waals surface area contributed by atoms with Crippen LogP contribution in [-0.4, -0.2) is 29.8 Å². The van der Waals surface area contributed by atoms with Crippen molar-refractivity contribution in [2.24, 2.45) is 5.92 Å². The molecular weight excluding hydrogens is 348 g/mol. The van der Waals surface area contributed by atoms with Crippen molar-refractivity contribution in [2.75, 3.05) is 18.4 Å². The van der Waals surface area contributed by atoms with Gasteiger partial charge in [0.25, 0.3) is 0 Å². The second-order valence-corrected chi connectivity index (χ2v) is 7.19. The minimum atomic E-state index is -0.306. The van der Waals surface area contributed by atoms with Crippen LogP contribution >= 0.6 is 11.6 Å². The maximum atomic E-state index is 12.5. The monoisotopic (exact) mass is 370 g/mol. The van der Waals surface area contributed by atoms with Gasteiger partial charge in [-0.1, -0.05) is 48.0 Å². The van der Waals surface area contributed by atoms with E-state index in [1.807, 2.05) is 37.3 Å². The van der Waals surface area contributed by atoms with E-state index in [-0.39, 0.29) is 24.2 Å². The van der Waals surface area contributed by atoms with Gasteiger partial charge >= 0.3 is 0 Å². The van der Waals surface area contributed by atoms with E-state index in [0.29, 0.717) is 23.8 Å². The van der Waals surface area contributed by atoms with Gasteiger partial charge in [0.2, 0.25) is 11.8 Å². The van der Waals surface area contributed by atoms with Gasteiger partial charge in [-0.25, -0.2) is 0 Å². The predicted molar refractivity (Wildman–Crippen MR) is 104 cm³/mol. The van der Waals surface area contributed by atoms with Gasteiger partial charge in [-0.2, -0.15) is 0 Å². The van der Waals surface area contributed by atoms with Crippen molar-refractivity contribution in [2.45, 2.75) is 26.2 Å². The molecule has 0 saturated carbocycles. The van der Waals surface area contributed by atoms with Gasteiger partial charge in [-0.15, -0.1) is 0 Å². The first kappa shape index (κ1) is 18.5. The van der Waals surface area contributed by atoms with Crippen LogP contribution in [0.2, 0.25) is 5.02 Å². The summed E-state index contributed by atoms with van der Waals surface area (Å²) < 4.78 is 0. The van der Waals surface area contributed by atoms with Crippen LogP contribution in [0.15, 0.2) is 48.5 Å². The zero-order chi connectivity index (χ0) is 18.5. The van der Waals surface area contributed by atoms with Gasteiger partial charge in [-0.3, -0.25) is 9.59 Å². The zero-order valence-electron chi connectivity index (χ0n) is 14.9. The second kappa shape index (κ2) is 8.37. The molecule has 1 aliphatic heterocycles. The number of amides is 2. The van der Waals surface area contributed by atoms with E-state index in [0.717, 1.165) is 18.4 Å². The van der Waals surface area contributed by atoms with Crippen molar-refractivity contribution in [3.63, 3.8) is 0 Å². The summed E-state index contributed by atoms with van der Waals surface area (Å²) in [4.78, 5) is 26.5. The maximum Gasteiger partial charge on any atom is 0.229 e. The van der Waals surface area contributed by atoms with Gasteiger partial charge < -0.3 is 10.2 Å². The molecule has 5 heteroatoms. The first-order valence-electron chi connectivity index (χ1n) is 8.91. The fourth-order valence-corrected chi connectivity index (χ4v) is 3.38. The largest absolute Gasteiger partial charge is 0.342 e. The van der Waals surface area contributed by atoms with Crippen LogP contribution < -0.4 is 5.32 Å². The third kappa shape index (κ3) is 4.64. The molecule has 4 nitrogen and oxygen atoms in total. The molecule has 1 aliphatic rings. The second-order valence-electron chi connectivity index (χ2n) is 6.78. The molecular formula is C21H23ClN2O2. The molecule has 0 spiro atoms. The Morgan fingerprint density at radius 1 is 1.23 bits per heavy atom. The predicted octanol–water partition coefficient (Wildman–Crippen LogP) is 4.07. The van der Waals surface area contributed by atoms with E-state index >= 15 is 0 Å². The van der Waals surface area contributed by atoms with Crippen LogP contribution in [0.3, 0.4) is 0 Å². The highest BCUT2D eigenvalue weighted by Gasteiger charge is 2.33. The summed E-state index contributed by atoms with van der Waals surface area (Å²) in [5.74, 6) is -0.372. The molecule has 0 aromatic heterocycles. The Bertz CT molecular complexity index is 792. The molecule has 1 heterocycles. The number of anilines is 1. The smallest absolute Gasteiger partial charge is 0.229 e. The van der Waals surface area contributed by atoms with Crippen LogP contribution in [0.4, 0.5) is 5.69 Å². The standard InChI is InChI=1S/C21H23ClN2O2/c1-15-9-10-18(13-19(15)22)23-21(26)17-12-20(25)24(14-17)11-5-8-16-6-3-2-4-7-16/h2-4,6-7,9-10,13,17H,5,8,11-12,14H2,1H3,(H,23,26). The summed E-state index contributed by atoms with van der Waals surface area (Å²) >= 11 is 6.10. The Morgan fingerprint density at radius 3 is 2.73 bits per heavy atom.